The molecule has 0 aliphatic rings. The first kappa shape index (κ1) is 13.5. The predicted octanol–water partition coefficient (Wildman–Crippen LogP) is 3.57. The average molecular weight is 246 g/mol. The maximum Gasteiger partial charge on any atom is 0.390 e. The van der Waals surface area contributed by atoms with Crippen molar-refractivity contribution < 1.29 is 22.7 Å². The molecule has 1 aromatic carbocycles. The Morgan fingerprint density at radius 2 is 1.71 bits per heavy atom. The van der Waals surface area contributed by atoms with Crippen molar-refractivity contribution in [3.8, 4) is 5.75 Å². The topological polar surface area (TPSA) is 26.3 Å². The van der Waals surface area contributed by atoms with Gasteiger partial charge >= 0.3 is 12.1 Å². The molecule has 0 heterocycles. The quantitative estimate of drug-likeness (QED) is 0.602. The molecule has 0 aliphatic heterocycles. The van der Waals surface area contributed by atoms with Crippen molar-refractivity contribution in [2.75, 3.05) is 0 Å². The van der Waals surface area contributed by atoms with Crippen molar-refractivity contribution in [1.82, 2.24) is 0 Å². The number of rotatable bonds is 3. The number of alkyl halides is 3. The van der Waals surface area contributed by atoms with Gasteiger partial charge in [-0.2, -0.15) is 13.2 Å². The van der Waals surface area contributed by atoms with Gasteiger partial charge in [0.15, 0.2) is 0 Å². The monoisotopic (exact) mass is 246 g/mol. The molecule has 17 heavy (non-hydrogen) atoms. The maximum absolute atomic E-state index is 12.2. The highest BCUT2D eigenvalue weighted by Gasteiger charge is 2.42. The summed E-state index contributed by atoms with van der Waals surface area (Å²) in [4.78, 5) is 11.6. The summed E-state index contributed by atoms with van der Waals surface area (Å²) in [6.07, 6.45) is -5.59. The number of carbonyl (C=O) groups is 1. The molecule has 0 fully saturated rings. The van der Waals surface area contributed by atoms with Crippen molar-refractivity contribution in [3.05, 3.63) is 30.3 Å². The van der Waals surface area contributed by atoms with Crippen LogP contribution in [-0.4, -0.2) is 12.1 Å². The fourth-order valence-electron chi connectivity index (χ4n) is 1.31. The third kappa shape index (κ3) is 4.46. The van der Waals surface area contributed by atoms with Crippen LogP contribution in [0.15, 0.2) is 30.3 Å². The molecule has 1 rings (SSSR count). The summed E-state index contributed by atoms with van der Waals surface area (Å²) in [5, 5.41) is 0. The number of carbonyl (C=O) groups excluding carboxylic acids is 1. The number of hydrogen-bond acceptors (Lipinski definition) is 2. The Morgan fingerprint density at radius 1 is 1.18 bits per heavy atom. The zero-order valence-electron chi connectivity index (χ0n) is 9.54. The van der Waals surface area contributed by atoms with Gasteiger partial charge in [-0.3, -0.25) is 4.79 Å². The summed E-state index contributed by atoms with van der Waals surface area (Å²) in [5.41, 5.74) is -1.59. The zero-order valence-corrected chi connectivity index (χ0v) is 9.54. The van der Waals surface area contributed by atoms with E-state index >= 15 is 0 Å². The third-order valence-electron chi connectivity index (χ3n) is 2.15. The maximum atomic E-state index is 12.2. The number of para-hydroxylation sites is 1. The zero-order chi connectivity index (χ0) is 13.1. The average Bonchev–Trinajstić information content (AvgIpc) is 2.15. The highest BCUT2D eigenvalue weighted by atomic mass is 19.4. The lowest BCUT2D eigenvalue weighted by Gasteiger charge is -2.23. The molecular weight excluding hydrogens is 233 g/mol. The van der Waals surface area contributed by atoms with E-state index in [0.717, 1.165) is 0 Å². The van der Waals surface area contributed by atoms with E-state index in [2.05, 4.69) is 0 Å². The molecule has 1 aromatic rings. The summed E-state index contributed by atoms with van der Waals surface area (Å²) < 4.78 is 41.6. The molecule has 5 heteroatoms. The summed E-state index contributed by atoms with van der Waals surface area (Å²) in [7, 11) is 0. The molecule has 0 saturated heterocycles. The van der Waals surface area contributed by atoms with E-state index in [9.17, 15) is 18.0 Å². The van der Waals surface area contributed by atoms with Gasteiger partial charge in [-0.25, -0.2) is 0 Å². The van der Waals surface area contributed by atoms with E-state index in [1.165, 1.54) is 26.0 Å². The van der Waals surface area contributed by atoms with E-state index in [1.807, 2.05) is 0 Å². The van der Waals surface area contributed by atoms with Crippen molar-refractivity contribution in [2.45, 2.75) is 26.4 Å². The van der Waals surface area contributed by atoms with Crippen LogP contribution in [0.2, 0.25) is 0 Å². The third-order valence-corrected chi connectivity index (χ3v) is 2.15. The van der Waals surface area contributed by atoms with E-state index in [-0.39, 0.29) is 5.75 Å². The molecule has 0 bridgehead atoms. The van der Waals surface area contributed by atoms with Crippen LogP contribution in [0.3, 0.4) is 0 Å². The van der Waals surface area contributed by atoms with Crippen molar-refractivity contribution in [1.29, 1.82) is 0 Å². The Bertz CT molecular complexity index is 382. The molecule has 0 radical (unpaired) electrons. The number of hydrogen-bond donors (Lipinski definition) is 0. The van der Waals surface area contributed by atoms with Crippen LogP contribution in [0.5, 0.6) is 5.75 Å². The Hall–Kier alpha value is -1.52. The van der Waals surface area contributed by atoms with E-state index in [0.29, 0.717) is 0 Å². The molecule has 0 aromatic heterocycles. The lowest BCUT2D eigenvalue weighted by atomic mass is 9.89. The van der Waals surface area contributed by atoms with Crippen LogP contribution in [-0.2, 0) is 4.79 Å². The fourth-order valence-corrected chi connectivity index (χ4v) is 1.31. The molecule has 0 N–H and O–H groups in total. The van der Waals surface area contributed by atoms with Gasteiger partial charge in [0, 0.05) is 0 Å². The van der Waals surface area contributed by atoms with Crippen molar-refractivity contribution >= 4 is 5.97 Å². The van der Waals surface area contributed by atoms with Crippen LogP contribution in [0, 0.1) is 5.41 Å². The molecule has 0 saturated carbocycles. The van der Waals surface area contributed by atoms with Crippen molar-refractivity contribution in [3.63, 3.8) is 0 Å². The van der Waals surface area contributed by atoms with Crippen molar-refractivity contribution in [2.24, 2.45) is 5.41 Å². The van der Waals surface area contributed by atoms with Gasteiger partial charge in [0.1, 0.15) is 5.75 Å². The fraction of sp³-hybridized carbons (Fsp3) is 0.417. The SMILES string of the molecule is CC(C)(CC(F)(F)F)C(=O)Oc1ccccc1. The molecule has 2 nitrogen and oxygen atoms in total. The molecule has 0 spiro atoms. The number of halogens is 3. The molecule has 0 atom stereocenters. The number of ether oxygens (including phenoxy) is 1. The minimum absolute atomic E-state index is 0.243. The number of esters is 1. The van der Waals surface area contributed by atoms with Gasteiger partial charge in [0.2, 0.25) is 0 Å². The first-order valence-corrected chi connectivity index (χ1v) is 5.05. The van der Waals surface area contributed by atoms with E-state index < -0.39 is 24.0 Å². The Morgan fingerprint density at radius 3 is 2.18 bits per heavy atom. The van der Waals surface area contributed by atoms with E-state index in [1.54, 1.807) is 18.2 Å². The molecule has 94 valence electrons. The molecule has 0 aliphatic carbocycles. The summed E-state index contributed by atoms with van der Waals surface area (Å²) in [5.74, 6) is -0.645. The van der Waals surface area contributed by atoms with Crippen LogP contribution in [0.4, 0.5) is 13.2 Å². The van der Waals surface area contributed by atoms with Crippen LogP contribution >= 0.6 is 0 Å². The minimum atomic E-state index is -4.39. The summed E-state index contributed by atoms with van der Waals surface area (Å²) >= 11 is 0. The van der Waals surface area contributed by atoms with Gasteiger partial charge in [0.05, 0.1) is 11.8 Å². The predicted molar refractivity (Wildman–Crippen MR) is 56.5 cm³/mol. The van der Waals surface area contributed by atoms with Gasteiger partial charge in [-0.15, -0.1) is 0 Å². The Labute approximate surface area is 97.4 Å². The van der Waals surface area contributed by atoms with Gasteiger partial charge in [-0.1, -0.05) is 18.2 Å². The summed E-state index contributed by atoms with van der Waals surface area (Å²) in [6, 6.07) is 8.03. The summed E-state index contributed by atoms with van der Waals surface area (Å²) in [6.45, 7) is 2.43. The van der Waals surface area contributed by atoms with Gasteiger partial charge < -0.3 is 4.74 Å². The standard InChI is InChI=1S/C12H13F3O2/c1-11(2,8-12(13,14)15)10(16)17-9-6-4-3-5-7-9/h3-7H,8H2,1-2H3. The largest absolute Gasteiger partial charge is 0.426 e. The highest BCUT2D eigenvalue weighted by molar-refractivity contribution is 5.78. The van der Waals surface area contributed by atoms with Crippen LogP contribution in [0.1, 0.15) is 20.3 Å². The highest BCUT2D eigenvalue weighted by Crippen LogP contribution is 2.34. The lowest BCUT2D eigenvalue weighted by Crippen LogP contribution is -2.33. The Balaban J connectivity index is 2.70. The normalized spacial score (nSPS) is 12.3. The second-order valence-corrected chi connectivity index (χ2v) is 4.38. The van der Waals surface area contributed by atoms with Gasteiger partial charge in [-0.05, 0) is 26.0 Å². The Kier molecular flexibility index (Phi) is 3.80. The van der Waals surface area contributed by atoms with Crippen LogP contribution in [0.25, 0.3) is 0 Å². The lowest BCUT2D eigenvalue weighted by molar-refractivity contribution is -0.172. The molecule has 0 amide bonds. The second-order valence-electron chi connectivity index (χ2n) is 4.38. The molecule has 0 unspecified atom stereocenters. The second kappa shape index (κ2) is 4.77. The first-order valence-electron chi connectivity index (χ1n) is 5.05. The number of benzene rings is 1. The van der Waals surface area contributed by atoms with Gasteiger partial charge in [0.25, 0.3) is 0 Å². The molecular formula is C12H13F3O2. The minimum Gasteiger partial charge on any atom is -0.426 e. The van der Waals surface area contributed by atoms with Crippen LogP contribution < -0.4 is 4.74 Å². The first-order chi connectivity index (χ1) is 7.71. The van der Waals surface area contributed by atoms with E-state index in [4.69, 9.17) is 4.74 Å². The smallest absolute Gasteiger partial charge is 0.390 e.